The number of aryl methyl sites for hydroxylation is 1. The molecule has 0 saturated carbocycles. The van der Waals surface area contributed by atoms with Gasteiger partial charge in [0.05, 0.1) is 16.8 Å². The van der Waals surface area contributed by atoms with E-state index in [1.54, 1.807) is 12.1 Å². The summed E-state index contributed by atoms with van der Waals surface area (Å²) in [5, 5.41) is 6.89. The van der Waals surface area contributed by atoms with Crippen LogP contribution >= 0.6 is 0 Å². The molecule has 0 spiro atoms. The molecule has 8 heteroatoms. The minimum atomic E-state index is -0.502. The smallest absolute Gasteiger partial charge is 0.250 e. The van der Waals surface area contributed by atoms with Gasteiger partial charge >= 0.3 is 0 Å². The summed E-state index contributed by atoms with van der Waals surface area (Å²) in [6, 6.07) is 15.6. The number of imidazole rings is 1. The number of primary amides is 1. The molecule has 1 amide bonds. The average Bonchev–Trinajstić information content (AvgIpc) is 3.13. The number of hydrogen-bond donors (Lipinski definition) is 3. The van der Waals surface area contributed by atoms with Gasteiger partial charge in [0.15, 0.2) is 0 Å². The fraction of sp³-hybridized carbons (Fsp3) is 0.217. The number of amides is 1. The van der Waals surface area contributed by atoms with E-state index in [9.17, 15) is 4.79 Å². The van der Waals surface area contributed by atoms with Crippen LogP contribution in [0.5, 0.6) is 0 Å². The number of carbonyl (C=O) groups excluding carboxylic acids is 1. The van der Waals surface area contributed by atoms with Crippen molar-refractivity contribution in [2.24, 2.45) is 5.73 Å². The van der Waals surface area contributed by atoms with Gasteiger partial charge in [-0.15, -0.1) is 0 Å². The average molecular weight is 413 g/mol. The predicted octanol–water partition coefficient (Wildman–Crippen LogP) is 2.48. The number of hydrogen-bond acceptors (Lipinski definition) is 6. The standard InChI is InChI=1S/C23H23N7O/c1-14-27-20-16(21(24)31)8-5-9-19(20)30(14)23-28-18-10-11-25-13-17(18)22(29-23)26-12-15-6-3-2-4-7-15/h2-9,25H,10-13H2,1H3,(H2,24,31)(H,26,28,29). The van der Waals surface area contributed by atoms with E-state index in [0.717, 1.165) is 42.1 Å². The van der Waals surface area contributed by atoms with Gasteiger partial charge in [0.1, 0.15) is 17.2 Å². The number of anilines is 1. The predicted molar refractivity (Wildman–Crippen MR) is 119 cm³/mol. The molecule has 156 valence electrons. The molecular formula is C23H23N7O. The number of benzene rings is 2. The Hall–Kier alpha value is -3.78. The lowest BCUT2D eigenvalue weighted by molar-refractivity contribution is 0.100. The fourth-order valence-electron chi connectivity index (χ4n) is 4.02. The number of aromatic nitrogens is 4. The van der Waals surface area contributed by atoms with E-state index < -0.39 is 5.91 Å². The molecule has 3 heterocycles. The molecule has 4 aromatic rings. The first kappa shape index (κ1) is 19.2. The minimum Gasteiger partial charge on any atom is -0.366 e. The highest BCUT2D eigenvalue weighted by Crippen LogP contribution is 2.26. The molecule has 0 fully saturated rings. The van der Waals surface area contributed by atoms with E-state index in [1.165, 1.54) is 5.56 Å². The molecule has 0 aliphatic carbocycles. The first-order valence-corrected chi connectivity index (χ1v) is 10.3. The Morgan fingerprint density at radius 3 is 2.77 bits per heavy atom. The van der Waals surface area contributed by atoms with Gasteiger partial charge < -0.3 is 16.4 Å². The number of fused-ring (bicyclic) bond motifs is 2. The Balaban J connectivity index is 1.62. The van der Waals surface area contributed by atoms with E-state index in [1.807, 2.05) is 35.8 Å². The molecule has 5 rings (SSSR count). The monoisotopic (exact) mass is 413 g/mol. The van der Waals surface area contributed by atoms with Crippen molar-refractivity contribution in [3.8, 4) is 5.95 Å². The van der Waals surface area contributed by atoms with Crippen molar-refractivity contribution >= 4 is 22.8 Å². The maximum atomic E-state index is 11.9. The van der Waals surface area contributed by atoms with Crippen LogP contribution in [0.25, 0.3) is 17.0 Å². The number of nitrogens with zero attached hydrogens (tertiary/aromatic N) is 4. The van der Waals surface area contributed by atoms with Crippen molar-refractivity contribution in [1.29, 1.82) is 0 Å². The second-order valence-electron chi connectivity index (χ2n) is 7.60. The molecule has 4 N–H and O–H groups in total. The molecule has 0 bridgehead atoms. The lowest BCUT2D eigenvalue weighted by Gasteiger charge is -2.21. The summed E-state index contributed by atoms with van der Waals surface area (Å²) in [6.07, 6.45) is 0.823. The molecule has 2 aromatic heterocycles. The fourth-order valence-corrected chi connectivity index (χ4v) is 4.02. The molecular weight excluding hydrogens is 390 g/mol. The summed E-state index contributed by atoms with van der Waals surface area (Å²) >= 11 is 0. The number of nitrogens with one attached hydrogen (secondary N) is 2. The number of carbonyl (C=O) groups is 1. The van der Waals surface area contributed by atoms with Gasteiger partial charge in [0.2, 0.25) is 5.95 Å². The third-order valence-corrected chi connectivity index (χ3v) is 5.54. The summed E-state index contributed by atoms with van der Waals surface area (Å²) in [5.74, 6) is 1.55. The molecule has 2 aromatic carbocycles. The Labute approximate surface area is 179 Å². The highest BCUT2D eigenvalue weighted by atomic mass is 16.1. The van der Waals surface area contributed by atoms with Gasteiger partial charge in [-0.1, -0.05) is 36.4 Å². The second-order valence-corrected chi connectivity index (χ2v) is 7.60. The largest absolute Gasteiger partial charge is 0.366 e. The van der Waals surface area contributed by atoms with Crippen LogP contribution in [0.1, 0.15) is 33.0 Å². The van der Waals surface area contributed by atoms with E-state index in [0.29, 0.717) is 29.4 Å². The van der Waals surface area contributed by atoms with E-state index in [2.05, 4.69) is 27.8 Å². The normalized spacial score (nSPS) is 13.2. The summed E-state index contributed by atoms with van der Waals surface area (Å²) in [4.78, 5) is 26.2. The maximum absolute atomic E-state index is 11.9. The first-order chi connectivity index (χ1) is 15.1. The molecule has 0 unspecified atom stereocenters. The van der Waals surface area contributed by atoms with Crippen molar-refractivity contribution in [2.45, 2.75) is 26.4 Å². The Morgan fingerprint density at radius 1 is 1.13 bits per heavy atom. The zero-order chi connectivity index (χ0) is 21.4. The third kappa shape index (κ3) is 3.51. The highest BCUT2D eigenvalue weighted by molar-refractivity contribution is 6.04. The Bertz CT molecular complexity index is 1280. The van der Waals surface area contributed by atoms with Crippen molar-refractivity contribution in [1.82, 2.24) is 24.8 Å². The van der Waals surface area contributed by atoms with E-state index in [4.69, 9.17) is 15.7 Å². The molecule has 1 aliphatic rings. The maximum Gasteiger partial charge on any atom is 0.250 e. The first-order valence-electron chi connectivity index (χ1n) is 10.3. The van der Waals surface area contributed by atoms with Gasteiger partial charge in [-0.3, -0.25) is 9.36 Å². The van der Waals surface area contributed by atoms with Crippen molar-refractivity contribution in [3.05, 3.63) is 76.7 Å². The summed E-state index contributed by atoms with van der Waals surface area (Å²) < 4.78 is 1.89. The summed E-state index contributed by atoms with van der Waals surface area (Å²) in [7, 11) is 0. The topological polar surface area (TPSA) is 111 Å². The number of rotatable bonds is 5. The van der Waals surface area contributed by atoms with Gasteiger partial charge in [0, 0.05) is 31.6 Å². The lowest BCUT2D eigenvalue weighted by Crippen LogP contribution is -2.27. The molecule has 31 heavy (non-hydrogen) atoms. The van der Waals surface area contributed by atoms with Gasteiger partial charge in [0.25, 0.3) is 5.91 Å². The van der Waals surface area contributed by atoms with Crippen LogP contribution < -0.4 is 16.4 Å². The molecule has 0 atom stereocenters. The van der Waals surface area contributed by atoms with Crippen LogP contribution in [0.15, 0.2) is 48.5 Å². The lowest BCUT2D eigenvalue weighted by atomic mass is 10.1. The van der Waals surface area contributed by atoms with Crippen molar-refractivity contribution < 1.29 is 4.79 Å². The van der Waals surface area contributed by atoms with Crippen LogP contribution in [-0.2, 0) is 19.5 Å². The van der Waals surface area contributed by atoms with Crippen LogP contribution in [0.3, 0.4) is 0 Å². The van der Waals surface area contributed by atoms with Crippen LogP contribution in [-0.4, -0.2) is 32.0 Å². The van der Waals surface area contributed by atoms with Gasteiger partial charge in [-0.05, 0) is 24.6 Å². The summed E-state index contributed by atoms with van der Waals surface area (Å²) in [5.41, 5.74) is 10.6. The second kappa shape index (κ2) is 7.81. The Kier molecular flexibility index (Phi) is 4.83. The molecule has 8 nitrogen and oxygen atoms in total. The van der Waals surface area contributed by atoms with Gasteiger partial charge in [-0.25, -0.2) is 9.97 Å². The number of nitrogens with two attached hydrogens (primary N) is 1. The van der Waals surface area contributed by atoms with Crippen LogP contribution in [0.4, 0.5) is 5.82 Å². The molecule has 0 saturated heterocycles. The van der Waals surface area contributed by atoms with Crippen molar-refractivity contribution in [2.75, 3.05) is 11.9 Å². The third-order valence-electron chi connectivity index (χ3n) is 5.54. The van der Waals surface area contributed by atoms with E-state index in [-0.39, 0.29) is 0 Å². The quantitative estimate of drug-likeness (QED) is 0.464. The van der Waals surface area contributed by atoms with Crippen LogP contribution in [0.2, 0.25) is 0 Å². The molecule has 0 radical (unpaired) electrons. The van der Waals surface area contributed by atoms with Crippen molar-refractivity contribution in [3.63, 3.8) is 0 Å². The zero-order valence-electron chi connectivity index (χ0n) is 17.2. The molecule has 1 aliphatic heterocycles. The zero-order valence-corrected chi connectivity index (χ0v) is 17.2. The highest BCUT2D eigenvalue weighted by Gasteiger charge is 2.21. The van der Waals surface area contributed by atoms with Gasteiger partial charge in [-0.2, -0.15) is 4.98 Å². The van der Waals surface area contributed by atoms with E-state index >= 15 is 0 Å². The SMILES string of the molecule is Cc1nc2c(C(N)=O)cccc2n1-c1nc2c(c(NCc3ccccc3)n1)CNCC2. The van der Waals surface area contributed by atoms with Crippen LogP contribution in [0, 0.1) is 6.92 Å². The minimum absolute atomic E-state index is 0.393. The summed E-state index contributed by atoms with van der Waals surface area (Å²) in [6.45, 7) is 4.14. The number of para-hydroxylation sites is 1. The Morgan fingerprint density at radius 2 is 1.97 bits per heavy atom.